The number of rotatable bonds is 4. The number of nitrogens with one attached hydrogen (secondary N) is 1. The van der Waals surface area contributed by atoms with Gasteiger partial charge in [-0.15, -0.1) is 0 Å². The quantitative estimate of drug-likeness (QED) is 0.802. The van der Waals surface area contributed by atoms with Crippen molar-refractivity contribution in [3.05, 3.63) is 66.4 Å². The summed E-state index contributed by atoms with van der Waals surface area (Å²) in [5.74, 6) is 0.387. The zero-order valence-corrected chi connectivity index (χ0v) is 11.8. The van der Waals surface area contributed by atoms with Crippen LogP contribution in [-0.4, -0.2) is 19.7 Å². The van der Waals surface area contributed by atoms with Crippen LogP contribution in [0.25, 0.3) is 5.69 Å². The maximum Gasteiger partial charge on any atom is 0.417 e. The van der Waals surface area contributed by atoms with Crippen molar-refractivity contribution in [1.29, 1.82) is 0 Å². The van der Waals surface area contributed by atoms with E-state index in [-0.39, 0.29) is 0 Å². The van der Waals surface area contributed by atoms with E-state index in [1.54, 1.807) is 11.0 Å². The van der Waals surface area contributed by atoms with Crippen LogP contribution < -0.4 is 5.32 Å². The minimum absolute atomic E-state index is 0.387. The monoisotopic (exact) mass is 319 g/mol. The molecule has 0 fully saturated rings. The molecule has 0 aliphatic heterocycles. The second kappa shape index (κ2) is 6.07. The maximum absolute atomic E-state index is 12.5. The van der Waals surface area contributed by atoms with Crippen LogP contribution in [0.3, 0.4) is 0 Å². The molecule has 5 nitrogen and oxygen atoms in total. The van der Waals surface area contributed by atoms with Crippen molar-refractivity contribution in [3.63, 3.8) is 0 Å². The summed E-state index contributed by atoms with van der Waals surface area (Å²) in [5.41, 5.74) is 1.08. The van der Waals surface area contributed by atoms with E-state index in [0.29, 0.717) is 12.4 Å². The zero-order chi connectivity index (χ0) is 16.3. The van der Waals surface area contributed by atoms with Crippen LogP contribution in [0.15, 0.2) is 55.2 Å². The molecule has 2 heterocycles. The van der Waals surface area contributed by atoms with Gasteiger partial charge < -0.3 is 5.32 Å². The van der Waals surface area contributed by atoms with E-state index in [9.17, 15) is 13.2 Å². The summed E-state index contributed by atoms with van der Waals surface area (Å²) in [4.78, 5) is 7.64. The van der Waals surface area contributed by atoms with Crippen LogP contribution >= 0.6 is 0 Å². The molecule has 0 atom stereocenters. The van der Waals surface area contributed by atoms with E-state index in [4.69, 9.17) is 0 Å². The van der Waals surface area contributed by atoms with Crippen LogP contribution in [0.1, 0.15) is 11.1 Å². The molecule has 8 heteroatoms. The third-order valence-corrected chi connectivity index (χ3v) is 3.18. The lowest BCUT2D eigenvalue weighted by Crippen LogP contribution is -2.07. The third-order valence-electron chi connectivity index (χ3n) is 3.18. The van der Waals surface area contributed by atoms with Crippen molar-refractivity contribution in [2.45, 2.75) is 12.7 Å². The van der Waals surface area contributed by atoms with E-state index in [1.807, 2.05) is 24.3 Å². The minimum atomic E-state index is -4.37. The number of nitrogens with zero attached hydrogens (tertiary/aromatic N) is 4. The first-order chi connectivity index (χ1) is 11.0. The molecule has 1 aromatic carbocycles. The molecule has 1 N–H and O–H groups in total. The third kappa shape index (κ3) is 3.65. The number of aromatic nitrogens is 4. The van der Waals surface area contributed by atoms with Gasteiger partial charge >= 0.3 is 6.18 Å². The largest absolute Gasteiger partial charge is 0.417 e. The standard InChI is InChI=1S/C15H12F3N5/c16-15(17,18)12-3-6-14(21-8-12)20-7-11-1-4-13(5-2-11)23-10-19-9-22-23/h1-6,8-10H,7H2,(H,20,21). The lowest BCUT2D eigenvalue weighted by molar-refractivity contribution is -0.137. The highest BCUT2D eigenvalue weighted by Crippen LogP contribution is 2.28. The molecule has 2 aromatic heterocycles. The van der Waals surface area contributed by atoms with Crippen molar-refractivity contribution in [2.75, 3.05) is 5.32 Å². The first-order valence-electron chi connectivity index (χ1n) is 6.73. The van der Waals surface area contributed by atoms with Crippen LogP contribution in [0, 0.1) is 0 Å². The number of hydrogen-bond donors (Lipinski definition) is 1. The number of pyridine rings is 1. The number of alkyl halides is 3. The first-order valence-corrected chi connectivity index (χ1v) is 6.73. The number of hydrogen-bond acceptors (Lipinski definition) is 4. The van der Waals surface area contributed by atoms with Gasteiger partial charge in [-0.3, -0.25) is 0 Å². The molecule has 3 aromatic rings. The summed E-state index contributed by atoms with van der Waals surface area (Å²) in [6.07, 6.45) is -0.510. The Hall–Kier alpha value is -2.90. The smallest absolute Gasteiger partial charge is 0.366 e. The fraction of sp³-hybridized carbons (Fsp3) is 0.133. The van der Waals surface area contributed by atoms with Gasteiger partial charge in [0.1, 0.15) is 18.5 Å². The maximum atomic E-state index is 12.5. The summed E-state index contributed by atoms with van der Waals surface area (Å²) in [7, 11) is 0. The van der Waals surface area contributed by atoms with Crippen LogP contribution in [-0.2, 0) is 12.7 Å². The predicted molar refractivity (Wildman–Crippen MR) is 77.9 cm³/mol. The molecule has 0 radical (unpaired) electrons. The number of benzene rings is 1. The molecule has 0 bridgehead atoms. The Labute approximate surface area is 129 Å². The highest BCUT2D eigenvalue weighted by Gasteiger charge is 2.30. The van der Waals surface area contributed by atoms with Crippen molar-refractivity contribution in [2.24, 2.45) is 0 Å². The van der Waals surface area contributed by atoms with E-state index < -0.39 is 11.7 Å². The fourth-order valence-electron chi connectivity index (χ4n) is 1.97. The van der Waals surface area contributed by atoms with Crippen molar-refractivity contribution in [3.8, 4) is 5.69 Å². The number of halogens is 3. The molecule has 0 saturated carbocycles. The highest BCUT2D eigenvalue weighted by molar-refractivity contribution is 5.39. The van der Waals surface area contributed by atoms with Crippen molar-refractivity contribution < 1.29 is 13.2 Å². The van der Waals surface area contributed by atoms with Gasteiger partial charge in [0.25, 0.3) is 0 Å². The Morgan fingerprint density at radius 2 is 1.83 bits per heavy atom. The lowest BCUT2D eigenvalue weighted by Gasteiger charge is -2.09. The molecule has 3 rings (SSSR count). The molecule has 0 amide bonds. The van der Waals surface area contributed by atoms with Crippen LogP contribution in [0.2, 0.25) is 0 Å². The summed E-state index contributed by atoms with van der Waals surface area (Å²) in [6.45, 7) is 0.454. The van der Waals surface area contributed by atoms with Gasteiger partial charge in [-0.05, 0) is 29.8 Å². The van der Waals surface area contributed by atoms with Crippen molar-refractivity contribution in [1.82, 2.24) is 19.7 Å². The SMILES string of the molecule is FC(F)(F)c1ccc(NCc2ccc(-n3cncn3)cc2)nc1. The van der Waals surface area contributed by atoms with E-state index >= 15 is 0 Å². The molecular formula is C15H12F3N5. The molecule has 0 unspecified atom stereocenters. The van der Waals surface area contributed by atoms with E-state index in [0.717, 1.165) is 23.5 Å². The Morgan fingerprint density at radius 1 is 1.04 bits per heavy atom. The average molecular weight is 319 g/mol. The van der Waals surface area contributed by atoms with Gasteiger partial charge in [0.2, 0.25) is 0 Å². The molecule has 0 aliphatic rings. The lowest BCUT2D eigenvalue weighted by atomic mass is 10.2. The van der Waals surface area contributed by atoms with E-state index in [2.05, 4.69) is 20.4 Å². The van der Waals surface area contributed by atoms with Crippen LogP contribution in [0.5, 0.6) is 0 Å². The molecule has 0 aliphatic carbocycles. The summed E-state index contributed by atoms with van der Waals surface area (Å²) in [5, 5.41) is 7.01. The van der Waals surface area contributed by atoms with Gasteiger partial charge in [-0.1, -0.05) is 12.1 Å². The van der Waals surface area contributed by atoms with Gasteiger partial charge in [-0.2, -0.15) is 18.3 Å². The molecule has 0 saturated heterocycles. The summed E-state index contributed by atoms with van der Waals surface area (Å²) < 4.78 is 39.0. The first kappa shape index (κ1) is 15.0. The molecular weight excluding hydrogens is 307 g/mol. The molecule has 118 valence electrons. The molecule has 0 spiro atoms. The second-order valence-corrected chi connectivity index (χ2v) is 4.79. The second-order valence-electron chi connectivity index (χ2n) is 4.79. The average Bonchev–Trinajstić information content (AvgIpc) is 3.07. The van der Waals surface area contributed by atoms with Crippen molar-refractivity contribution >= 4 is 5.82 Å². The predicted octanol–water partition coefficient (Wildman–Crippen LogP) is 3.29. The minimum Gasteiger partial charge on any atom is -0.366 e. The highest BCUT2D eigenvalue weighted by atomic mass is 19.4. The summed E-state index contributed by atoms with van der Waals surface area (Å²) in [6, 6.07) is 9.87. The Morgan fingerprint density at radius 3 is 2.39 bits per heavy atom. The Balaban J connectivity index is 1.62. The zero-order valence-electron chi connectivity index (χ0n) is 11.8. The van der Waals surface area contributed by atoms with Gasteiger partial charge in [-0.25, -0.2) is 14.6 Å². The summed E-state index contributed by atoms with van der Waals surface area (Å²) >= 11 is 0. The van der Waals surface area contributed by atoms with E-state index in [1.165, 1.54) is 12.4 Å². The normalized spacial score (nSPS) is 11.4. The molecule has 23 heavy (non-hydrogen) atoms. The Bertz CT molecular complexity index is 749. The van der Waals surface area contributed by atoms with Crippen LogP contribution in [0.4, 0.5) is 19.0 Å². The van der Waals surface area contributed by atoms with Gasteiger partial charge in [0.05, 0.1) is 11.3 Å². The Kier molecular flexibility index (Phi) is 3.96. The number of anilines is 1. The topological polar surface area (TPSA) is 55.6 Å². The fourth-order valence-corrected chi connectivity index (χ4v) is 1.97. The van der Waals surface area contributed by atoms with Gasteiger partial charge in [0.15, 0.2) is 0 Å². The van der Waals surface area contributed by atoms with Gasteiger partial charge in [0, 0.05) is 12.7 Å².